The molecule has 2 aliphatic rings. The van der Waals surface area contributed by atoms with Gasteiger partial charge in [-0.05, 0) is 44.9 Å². The minimum Gasteiger partial charge on any atom is -0.0853 e. The molecule has 0 N–H and O–H groups in total. The Kier molecular flexibility index (Phi) is 17.9. The van der Waals surface area contributed by atoms with Crippen LogP contribution in [0, 0.1) is 0 Å². The van der Waals surface area contributed by atoms with E-state index in [4.69, 9.17) is 0 Å². The molecule has 2 rings (SSSR count). The Morgan fingerprint density at radius 2 is 0.880 bits per heavy atom. The van der Waals surface area contributed by atoms with E-state index < -0.39 is 0 Å². The second-order valence-electron chi connectivity index (χ2n) is 7.84. The van der Waals surface area contributed by atoms with Crippen LogP contribution >= 0.6 is 0 Å². The molecule has 0 unspecified atom stereocenters. The average molecular weight is 349 g/mol. The third-order valence-corrected chi connectivity index (χ3v) is 5.06. The molecule has 0 nitrogen and oxygen atoms in total. The van der Waals surface area contributed by atoms with Gasteiger partial charge in [0.05, 0.1) is 0 Å². The monoisotopic (exact) mass is 348 g/mol. The van der Waals surface area contributed by atoms with Crippen LogP contribution in [0.1, 0.15) is 137 Å². The predicted octanol–water partition coefficient (Wildman–Crippen LogP) is 9.55. The zero-order valence-corrected chi connectivity index (χ0v) is 16.9. The van der Waals surface area contributed by atoms with Gasteiger partial charge in [-0.25, -0.2) is 0 Å². The summed E-state index contributed by atoms with van der Waals surface area (Å²) in [5, 5.41) is 0. The van der Waals surface area contributed by atoms with Crippen LogP contribution in [-0.4, -0.2) is 0 Å². The van der Waals surface area contributed by atoms with Crippen LogP contribution in [0.15, 0.2) is 23.3 Å². The van der Waals surface area contributed by atoms with Crippen molar-refractivity contribution in [3.05, 3.63) is 23.3 Å². The lowest BCUT2D eigenvalue weighted by atomic mass is 10.1. The first-order chi connectivity index (χ1) is 11.9. The standard InChI is InChI=1S/C16H30.C8H14.CH4/c1-2-3-4-5-6-7-8-9-10-11-12-13-16-14-15-16;1-2-3-4-5-8-6-7-8;/h13H,2-12,14-15H2,1H3;5H,2-4,6-7H2,1H3;1H4. The van der Waals surface area contributed by atoms with Gasteiger partial charge in [0.2, 0.25) is 0 Å². The van der Waals surface area contributed by atoms with Crippen molar-refractivity contribution in [1.29, 1.82) is 0 Å². The molecule has 0 aromatic carbocycles. The van der Waals surface area contributed by atoms with E-state index in [1.807, 2.05) is 0 Å². The van der Waals surface area contributed by atoms with E-state index in [0.717, 1.165) is 0 Å². The molecule has 0 heteroatoms. The topological polar surface area (TPSA) is 0 Å². The first kappa shape index (κ1) is 24.5. The van der Waals surface area contributed by atoms with Crippen LogP contribution in [0.25, 0.3) is 0 Å². The zero-order chi connectivity index (χ0) is 17.3. The second kappa shape index (κ2) is 18.3. The van der Waals surface area contributed by atoms with Crippen molar-refractivity contribution in [3.8, 4) is 0 Å². The zero-order valence-electron chi connectivity index (χ0n) is 16.9. The predicted molar refractivity (Wildman–Crippen MR) is 117 cm³/mol. The molecule has 0 aromatic heterocycles. The Bertz CT molecular complexity index is 322. The van der Waals surface area contributed by atoms with E-state index in [9.17, 15) is 0 Å². The van der Waals surface area contributed by atoms with E-state index in [0.29, 0.717) is 0 Å². The Morgan fingerprint density at radius 3 is 1.28 bits per heavy atom. The minimum absolute atomic E-state index is 0. The number of rotatable bonds is 14. The normalized spacial score (nSPS) is 14.3. The van der Waals surface area contributed by atoms with Gasteiger partial charge in [-0.15, -0.1) is 0 Å². The van der Waals surface area contributed by atoms with Crippen LogP contribution < -0.4 is 0 Å². The summed E-state index contributed by atoms with van der Waals surface area (Å²) in [5.74, 6) is 0. The van der Waals surface area contributed by atoms with Gasteiger partial charge in [0.25, 0.3) is 0 Å². The van der Waals surface area contributed by atoms with E-state index in [2.05, 4.69) is 26.0 Å². The fourth-order valence-electron chi connectivity index (χ4n) is 3.00. The van der Waals surface area contributed by atoms with Gasteiger partial charge >= 0.3 is 0 Å². The summed E-state index contributed by atoms with van der Waals surface area (Å²) in [6.07, 6.45) is 30.4. The van der Waals surface area contributed by atoms with Gasteiger partial charge < -0.3 is 0 Å². The summed E-state index contributed by atoms with van der Waals surface area (Å²) in [7, 11) is 0. The molecular weight excluding hydrogens is 300 g/mol. The van der Waals surface area contributed by atoms with Gasteiger partial charge in [-0.2, -0.15) is 0 Å². The van der Waals surface area contributed by atoms with Gasteiger partial charge in [-0.1, -0.05) is 115 Å². The van der Waals surface area contributed by atoms with E-state index in [1.165, 1.54) is 116 Å². The molecule has 0 amide bonds. The largest absolute Gasteiger partial charge is 0.0853 e. The molecule has 148 valence electrons. The number of hydrogen-bond donors (Lipinski definition) is 0. The summed E-state index contributed by atoms with van der Waals surface area (Å²) in [5.41, 5.74) is 3.41. The maximum atomic E-state index is 2.48. The van der Waals surface area contributed by atoms with Gasteiger partial charge in [0, 0.05) is 0 Å². The fourth-order valence-corrected chi connectivity index (χ4v) is 3.00. The fraction of sp³-hybridized carbons (Fsp3) is 0.840. The first-order valence-corrected chi connectivity index (χ1v) is 11.2. The summed E-state index contributed by atoms with van der Waals surface area (Å²) in [6.45, 7) is 4.53. The van der Waals surface area contributed by atoms with Crippen molar-refractivity contribution in [2.24, 2.45) is 0 Å². The quantitative estimate of drug-likeness (QED) is 0.216. The van der Waals surface area contributed by atoms with Crippen LogP contribution in [0.4, 0.5) is 0 Å². The van der Waals surface area contributed by atoms with Crippen LogP contribution in [-0.2, 0) is 0 Å². The molecule has 0 saturated heterocycles. The lowest BCUT2D eigenvalue weighted by Crippen LogP contribution is -1.81. The molecular formula is C25H48. The van der Waals surface area contributed by atoms with E-state index in [1.54, 1.807) is 11.1 Å². The average Bonchev–Trinajstić information content (AvgIpc) is 3.48. The third kappa shape index (κ3) is 19.7. The molecule has 0 spiro atoms. The smallest absolute Gasteiger partial charge is 0.0283 e. The van der Waals surface area contributed by atoms with Crippen molar-refractivity contribution in [3.63, 3.8) is 0 Å². The molecule has 0 aliphatic heterocycles. The molecule has 0 bridgehead atoms. The summed E-state index contributed by atoms with van der Waals surface area (Å²) in [4.78, 5) is 0. The van der Waals surface area contributed by atoms with Crippen LogP contribution in [0.3, 0.4) is 0 Å². The van der Waals surface area contributed by atoms with E-state index >= 15 is 0 Å². The Balaban J connectivity index is 0.000000540. The third-order valence-electron chi connectivity index (χ3n) is 5.06. The minimum atomic E-state index is 0. The van der Waals surface area contributed by atoms with Crippen LogP contribution in [0.2, 0.25) is 0 Å². The van der Waals surface area contributed by atoms with Crippen molar-refractivity contribution in [2.75, 3.05) is 0 Å². The number of allylic oxidation sites excluding steroid dienone is 4. The Hall–Kier alpha value is -0.520. The molecule has 25 heavy (non-hydrogen) atoms. The van der Waals surface area contributed by atoms with Crippen molar-refractivity contribution in [2.45, 2.75) is 137 Å². The molecule has 2 fully saturated rings. The van der Waals surface area contributed by atoms with Gasteiger partial charge in [0.15, 0.2) is 0 Å². The highest BCUT2D eigenvalue weighted by atomic mass is 14.1. The molecule has 0 atom stereocenters. The lowest BCUT2D eigenvalue weighted by molar-refractivity contribution is 0.557. The molecule has 2 aliphatic carbocycles. The summed E-state index contributed by atoms with van der Waals surface area (Å²) in [6, 6.07) is 0. The van der Waals surface area contributed by atoms with Crippen molar-refractivity contribution >= 4 is 0 Å². The molecule has 2 saturated carbocycles. The summed E-state index contributed by atoms with van der Waals surface area (Å²) < 4.78 is 0. The lowest BCUT2D eigenvalue weighted by Gasteiger charge is -2.01. The van der Waals surface area contributed by atoms with Crippen LogP contribution in [0.5, 0.6) is 0 Å². The van der Waals surface area contributed by atoms with E-state index in [-0.39, 0.29) is 7.43 Å². The summed E-state index contributed by atoms with van der Waals surface area (Å²) >= 11 is 0. The van der Waals surface area contributed by atoms with Gasteiger partial charge in [0.1, 0.15) is 0 Å². The highest BCUT2D eigenvalue weighted by Crippen LogP contribution is 2.28. The number of hydrogen-bond acceptors (Lipinski definition) is 0. The highest BCUT2D eigenvalue weighted by molar-refractivity contribution is 5.16. The SMILES string of the molecule is C.CCCCC=C1CC1.CCCCCCCCCCCCC=C1CC1. The Labute approximate surface area is 160 Å². The van der Waals surface area contributed by atoms with Gasteiger partial charge in [-0.3, -0.25) is 0 Å². The first-order valence-electron chi connectivity index (χ1n) is 11.2. The maximum Gasteiger partial charge on any atom is -0.0283 e. The van der Waals surface area contributed by atoms with Crippen molar-refractivity contribution < 1.29 is 0 Å². The highest BCUT2D eigenvalue weighted by Gasteiger charge is 2.09. The van der Waals surface area contributed by atoms with Crippen molar-refractivity contribution in [1.82, 2.24) is 0 Å². The maximum absolute atomic E-state index is 2.48. The Morgan fingerprint density at radius 1 is 0.520 bits per heavy atom. The molecule has 0 radical (unpaired) electrons. The number of unbranched alkanes of at least 4 members (excludes halogenated alkanes) is 12. The molecule has 0 heterocycles. The second-order valence-corrected chi connectivity index (χ2v) is 7.84. The molecule has 0 aromatic rings.